The molecule has 4 nitrogen and oxygen atoms in total. The number of hydrogen-bond donors (Lipinski definition) is 1. The summed E-state index contributed by atoms with van der Waals surface area (Å²) in [5.74, 6) is 0. The summed E-state index contributed by atoms with van der Waals surface area (Å²) in [7, 11) is 0. The van der Waals surface area contributed by atoms with Gasteiger partial charge in [-0.15, -0.1) is 69.6 Å². The van der Waals surface area contributed by atoms with E-state index in [0.29, 0.717) is 0 Å². The summed E-state index contributed by atoms with van der Waals surface area (Å²) in [5, 5.41) is 5.63. The fourth-order valence-corrected chi connectivity index (χ4v) is 3.60. The Labute approximate surface area is 146 Å². The number of hydrogen-bond acceptors (Lipinski definition) is 3. The molecule has 1 fully saturated rings. The Balaban J connectivity index is 0.000000371. The van der Waals surface area contributed by atoms with Crippen LogP contribution in [-0.4, -0.2) is 48.7 Å². The van der Waals surface area contributed by atoms with E-state index in [4.69, 9.17) is 79.5 Å². The number of imidazole rings is 1. The number of halogens is 6. The monoisotopic (exact) mass is 401 g/mol. The molecule has 0 saturated heterocycles. The maximum atomic E-state index is 8.25. The first-order chi connectivity index (χ1) is 9.38. The molecule has 0 aliphatic heterocycles. The minimum absolute atomic E-state index is 0.437. The SMILES string of the molecule is ClC1C(Cl)C(Cl)C(Cl)C(Cl)C1Cl.O=C[O-].c1c[nH]cn1. The highest BCUT2D eigenvalue weighted by atomic mass is 35.5. The van der Waals surface area contributed by atoms with Gasteiger partial charge in [-0.25, -0.2) is 4.98 Å². The van der Waals surface area contributed by atoms with Crippen LogP contribution >= 0.6 is 69.6 Å². The quantitative estimate of drug-likeness (QED) is 0.534. The molecule has 1 aliphatic rings. The van der Waals surface area contributed by atoms with E-state index in [1.807, 2.05) is 0 Å². The highest BCUT2D eigenvalue weighted by molar-refractivity contribution is 6.45. The van der Waals surface area contributed by atoms with Crippen LogP contribution in [0.25, 0.3) is 0 Å². The summed E-state index contributed by atoms with van der Waals surface area (Å²) in [5.41, 5.74) is 0. The third kappa shape index (κ3) is 6.46. The van der Waals surface area contributed by atoms with Crippen molar-refractivity contribution in [2.45, 2.75) is 32.3 Å². The molecular formula is C10H11Cl6N2O2-. The molecule has 1 heterocycles. The lowest BCUT2D eigenvalue weighted by Gasteiger charge is -2.37. The smallest absolute Gasteiger partial charge is 0.0919 e. The van der Waals surface area contributed by atoms with Crippen LogP contribution in [-0.2, 0) is 4.79 Å². The van der Waals surface area contributed by atoms with Crippen molar-refractivity contribution in [1.29, 1.82) is 0 Å². The Hall–Kier alpha value is 0.420. The van der Waals surface area contributed by atoms with E-state index in [0.717, 1.165) is 0 Å². The van der Waals surface area contributed by atoms with Gasteiger partial charge >= 0.3 is 0 Å². The molecule has 1 saturated carbocycles. The average Bonchev–Trinajstić information content (AvgIpc) is 3.01. The fraction of sp³-hybridized carbons (Fsp3) is 0.600. The predicted octanol–water partition coefficient (Wildman–Crippen LogP) is 2.42. The maximum Gasteiger partial charge on any atom is 0.0919 e. The van der Waals surface area contributed by atoms with Gasteiger partial charge in [0.15, 0.2) is 0 Å². The molecule has 0 bridgehead atoms. The van der Waals surface area contributed by atoms with Crippen LogP contribution in [0, 0.1) is 0 Å². The molecule has 0 radical (unpaired) electrons. The zero-order valence-corrected chi connectivity index (χ0v) is 14.3. The third-order valence-electron chi connectivity index (χ3n) is 2.23. The number of H-pyrrole nitrogens is 1. The zero-order valence-electron chi connectivity index (χ0n) is 9.80. The summed E-state index contributed by atoms with van der Waals surface area (Å²) in [6.07, 6.45) is 5.08. The topological polar surface area (TPSA) is 68.8 Å². The van der Waals surface area contributed by atoms with Crippen molar-refractivity contribution in [3.8, 4) is 0 Å². The number of alkyl halides is 6. The molecule has 0 atom stereocenters. The standard InChI is InChI=1S/C6H6Cl6.C3H4N2.CH2O2/c7-1-2(8)4(10)6(12)5(11)3(1)9;1-2-5-3-4-1;2-1-3/h1-6H;1-3H,(H,4,5);1H,(H,2,3)/p-1. The molecule has 0 unspecified atom stereocenters. The Morgan fingerprint density at radius 3 is 1.30 bits per heavy atom. The molecule has 116 valence electrons. The molecule has 1 aromatic heterocycles. The van der Waals surface area contributed by atoms with Crippen LogP contribution in [0.2, 0.25) is 0 Å². The molecule has 0 spiro atoms. The van der Waals surface area contributed by atoms with Crippen molar-refractivity contribution in [3.63, 3.8) is 0 Å². The van der Waals surface area contributed by atoms with Crippen molar-refractivity contribution in [2.75, 3.05) is 0 Å². The van der Waals surface area contributed by atoms with Crippen LogP contribution in [0.15, 0.2) is 18.7 Å². The number of nitrogens with zero attached hydrogens (tertiary/aromatic N) is 1. The normalized spacial score (nSPS) is 35.9. The van der Waals surface area contributed by atoms with Crippen LogP contribution in [0.4, 0.5) is 0 Å². The van der Waals surface area contributed by atoms with Gasteiger partial charge in [0.2, 0.25) is 0 Å². The van der Waals surface area contributed by atoms with E-state index in [1.165, 1.54) is 0 Å². The minimum atomic E-state index is -0.500. The van der Waals surface area contributed by atoms with Crippen LogP contribution in [0.3, 0.4) is 0 Å². The number of aromatic amines is 1. The molecule has 1 aliphatic carbocycles. The van der Waals surface area contributed by atoms with E-state index >= 15 is 0 Å². The number of aromatic nitrogens is 2. The van der Waals surface area contributed by atoms with Crippen molar-refractivity contribution in [2.24, 2.45) is 0 Å². The van der Waals surface area contributed by atoms with Gasteiger partial charge in [-0.3, -0.25) is 0 Å². The summed E-state index contributed by atoms with van der Waals surface area (Å²) < 4.78 is 0. The van der Waals surface area contributed by atoms with E-state index in [2.05, 4.69) is 9.97 Å². The lowest BCUT2D eigenvalue weighted by molar-refractivity contribution is -0.283. The number of carbonyl (C=O) groups is 1. The summed E-state index contributed by atoms with van der Waals surface area (Å²) >= 11 is 35.3. The highest BCUT2D eigenvalue weighted by Gasteiger charge is 2.46. The zero-order chi connectivity index (χ0) is 15.7. The molecule has 20 heavy (non-hydrogen) atoms. The van der Waals surface area contributed by atoms with Gasteiger partial charge in [-0.1, -0.05) is 0 Å². The Morgan fingerprint density at radius 1 is 0.900 bits per heavy atom. The molecular weight excluding hydrogens is 393 g/mol. The molecule has 0 amide bonds. The Morgan fingerprint density at radius 2 is 1.20 bits per heavy atom. The summed E-state index contributed by atoms with van der Waals surface area (Å²) in [6, 6.07) is 0. The Kier molecular flexibility index (Phi) is 11.3. The molecule has 1 aromatic rings. The van der Waals surface area contributed by atoms with Gasteiger partial charge in [-0.05, 0) is 0 Å². The maximum absolute atomic E-state index is 8.25. The first-order valence-corrected chi connectivity index (χ1v) is 7.83. The van der Waals surface area contributed by atoms with Crippen molar-refractivity contribution in [1.82, 2.24) is 9.97 Å². The number of carbonyl (C=O) groups excluding carboxylic acids is 1. The van der Waals surface area contributed by atoms with Gasteiger partial charge < -0.3 is 14.9 Å². The van der Waals surface area contributed by atoms with E-state index < -0.39 is 38.7 Å². The first kappa shape index (κ1) is 20.4. The second-order valence-corrected chi connectivity index (χ2v) is 6.55. The van der Waals surface area contributed by atoms with Gasteiger partial charge in [0.25, 0.3) is 0 Å². The van der Waals surface area contributed by atoms with Crippen molar-refractivity contribution < 1.29 is 9.90 Å². The average molecular weight is 404 g/mol. The van der Waals surface area contributed by atoms with E-state index in [9.17, 15) is 0 Å². The Bertz CT molecular complexity index is 280. The summed E-state index contributed by atoms with van der Waals surface area (Å²) in [6.45, 7) is -0.500. The lowest BCUT2D eigenvalue weighted by atomic mass is 9.97. The lowest BCUT2D eigenvalue weighted by Crippen LogP contribution is -2.52. The van der Waals surface area contributed by atoms with E-state index in [-0.39, 0.29) is 0 Å². The minimum Gasteiger partial charge on any atom is -0.554 e. The second kappa shape index (κ2) is 11.0. The van der Waals surface area contributed by atoms with Gasteiger partial charge in [-0.2, -0.15) is 0 Å². The highest BCUT2D eigenvalue weighted by Crippen LogP contribution is 2.39. The van der Waals surface area contributed by atoms with Gasteiger partial charge in [0.05, 0.1) is 38.6 Å². The molecule has 2 rings (SSSR count). The fourth-order valence-electron chi connectivity index (χ4n) is 1.27. The third-order valence-corrected chi connectivity index (χ3v) is 6.26. The number of rotatable bonds is 0. The van der Waals surface area contributed by atoms with Crippen LogP contribution < -0.4 is 5.11 Å². The molecule has 1 N–H and O–H groups in total. The number of nitrogens with one attached hydrogen (secondary N) is 1. The second-order valence-electron chi connectivity index (χ2n) is 3.52. The van der Waals surface area contributed by atoms with Gasteiger partial charge in [0, 0.05) is 18.9 Å². The van der Waals surface area contributed by atoms with E-state index in [1.54, 1.807) is 18.7 Å². The summed E-state index contributed by atoms with van der Waals surface area (Å²) in [4.78, 5) is 14.7. The molecule has 0 aromatic carbocycles. The van der Waals surface area contributed by atoms with Crippen molar-refractivity contribution >= 4 is 76.1 Å². The molecule has 10 heteroatoms. The first-order valence-electron chi connectivity index (χ1n) is 5.21. The number of carboxylic acid groups (broad SMARTS) is 1. The van der Waals surface area contributed by atoms with Gasteiger partial charge in [0.1, 0.15) is 0 Å². The largest absolute Gasteiger partial charge is 0.554 e. The van der Waals surface area contributed by atoms with Crippen molar-refractivity contribution in [3.05, 3.63) is 18.7 Å². The predicted molar refractivity (Wildman–Crippen MR) is 82.5 cm³/mol. The van der Waals surface area contributed by atoms with Crippen LogP contribution in [0.5, 0.6) is 0 Å². The van der Waals surface area contributed by atoms with Crippen LogP contribution in [0.1, 0.15) is 0 Å².